The molecule has 4 atom stereocenters. The Morgan fingerprint density at radius 2 is 1.82 bits per heavy atom. The molecule has 0 aromatic heterocycles. The molecule has 3 aromatic carbocycles. The number of anilines is 1. The first-order chi connectivity index (χ1) is 16.3. The van der Waals surface area contributed by atoms with Crippen molar-refractivity contribution >= 4 is 34.8 Å². The molecule has 0 unspecified atom stereocenters. The number of nitro groups is 1. The molecule has 174 valence electrons. The van der Waals surface area contributed by atoms with Crippen LogP contribution in [0.5, 0.6) is 5.75 Å². The zero-order valence-corrected chi connectivity index (χ0v) is 19.6. The first kappa shape index (κ1) is 22.7. The summed E-state index contributed by atoms with van der Waals surface area (Å²) in [7, 11) is 0. The SMILES string of the molecule is C[C@@H]1N[C@]2(C(=O)Nc3ccccc32)[C@@H]([N+](=O)[O-])[C@@H]1c1ccc(OCc2ccc(Cl)cc2Cl)cc1. The van der Waals surface area contributed by atoms with Crippen LogP contribution >= 0.6 is 23.2 Å². The number of halogens is 2. The van der Waals surface area contributed by atoms with Crippen molar-refractivity contribution < 1.29 is 14.5 Å². The van der Waals surface area contributed by atoms with Gasteiger partial charge in [-0.15, -0.1) is 0 Å². The quantitative estimate of drug-likeness (QED) is 0.375. The zero-order chi connectivity index (χ0) is 24.0. The molecule has 2 aliphatic rings. The molecule has 34 heavy (non-hydrogen) atoms. The maximum Gasteiger partial charge on any atom is 0.256 e. The zero-order valence-electron chi connectivity index (χ0n) is 18.1. The van der Waals surface area contributed by atoms with Crippen LogP contribution in [-0.2, 0) is 16.9 Å². The number of ether oxygens (including phenoxy) is 1. The molecule has 0 bridgehead atoms. The first-order valence-electron chi connectivity index (χ1n) is 10.8. The minimum absolute atomic E-state index is 0.258. The first-order valence-corrected chi connectivity index (χ1v) is 11.6. The number of hydrogen-bond acceptors (Lipinski definition) is 5. The lowest BCUT2D eigenvalue weighted by atomic mass is 9.78. The van der Waals surface area contributed by atoms with E-state index in [9.17, 15) is 14.9 Å². The number of amides is 1. The van der Waals surface area contributed by atoms with Crippen molar-refractivity contribution in [3.8, 4) is 5.75 Å². The van der Waals surface area contributed by atoms with Gasteiger partial charge in [-0.1, -0.05) is 59.6 Å². The molecule has 0 aliphatic carbocycles. The van der Waals surface area contributed by atoms with E-state index in [4.69, 9.17) is 27.9 Å². The Morgan fingerprint density at radius 1 is 1.09 bits per heavy atom. The van der Waals surface area contributed by atoms with Crippen molar-refractivity contribution in [1.29, 1.82) is 0 Å². The number of benzene rings is 3. The molecule has 2 N–H and O–H groups in total. The highest BCUT2D eigenvalue weighted by molar-refractivity contribution is 6.35. The van der Waals surface area contributed by atoms with Crippen LogP contribution in [0.2, 0.25) is 10.0 Å². The molecule has 3 aromatic rings. The van der Waals surface area contributed by atoms with Gasteiger partial charge in [-0.25, -0.2) is 0 Å². The lowest BCUT2D eigenvalue weighted by Crippen LogP contribution is -2.54. The highest BCUT2D eigenvalue weighted by Gasteiger charge is 2.67. The molecule has 5 rings (SSSR count). The van der Waals surface area contributed by atoms with Gasteiger partial charge < -0.3 is 10.1 Å². The standard InChI is InChI=1S/C25H21Cl2N3O4/c1-14-22(15-7-10-18(11-8-15)34-13-16-6-9-17(26)12-20(16)27)23(30(32)33)25(29-14)19-4-2-3-5-21(19)28-24(25)31/h2-12,14,22-23,29H,13H2,1H3,(H,28,31)/t14-,22-,23-,25-/m0/s1. The van der Waals surface area contributed by atoms with Crippen LogP contribution in [0.15, 0.2) is 66.7 Å². The highest BCUT2D eigenvalue weighted by atomic mass is 35.5. The third-order valence-electron chi connectivity index (χ3n) is 6.64. The van der Waals surface area contributed by atoms with E-state index in [2.05, 4.69) is 10.6 Å². The van der Waals surface area contributed by atoms with Crippen LogP contribution in [0.25, 0.3) is 0 Å². The normalized spacial score (nSPS) is 25.3. The monoisotopic (exact) mass is 497 g/mol. The smallest absolute Gasteiger partial charge is 0.256 e. The summed E-state index contributed by atoms with van der Waals surface area (Å²) in [6.07, 6.45) is 0. The second kappa shape index (κ2) is 8.58. The van der Waals surface area contributed by atoms with Crippen molar-refractivity contribution in [2.75, 3.05) is 5.32 Å². The van der Waals surface area contributed by atoms with Crippen LogP contribution in [0, 0.1) is 10.1 Å². The molecule has 1 amide bonds. The van der Waals surface area contributed by atoms with Crippen molar-refractivity contribution in [2.45, 2.75) is 37.1 Å². The molecule has 1 fully saturated rings. The number of hydrogen-bond donors (Lipinski definition) is 2. The Balaban J connectivity index is 1.42. The van der Waals surface area contributed by atoms with Crippen LogP contribution in [0.3, 0.4) is 0 Å². The minimum Gasteiger partial charge on any atom is -0.489 e. The second-order valence-electron chi connectivity index (χ2n) is 8.59. The van der Waals surface area contributed by atoms with Crippen molar-refractivity contribution in [3.05, 3.63) is 104 Å². The molecular formula is C25H21Cl2N3O4. The number of para-hydroxylation sites is 1. The van der Waals surface area contributed by atoms with E-state index in [-0.39, 0.29) is 17.6 Å². The predicted molar refractivity (Wildman–Crippen MR) is 130 cm³/mol. The predicted octanol–water partition coefficient (Wildman–Crippen LogP) is 5.14. The number of fused-ring (bicyclic) bond motifs is 2. The average molecular weight is 498 g/mol. The van der Waals surface area contributed by atoms with Gasteiger partial charge in [0.2, 0.25) is 0 Å². The summed E-state index contributed by atoms with van der Waals surface area (Å²) in [5.74, 6) is -0.319. The Labute approximate surface area is 206 Å². The van der Waals surface area contributed by atoms with Crippen molar-refractivity contribution in [2.24, 2.45) is 0 Å². The molecule has 0 saturated carbocycles. The minimum atomic E-state index is -1.43. The summed E-state index contributed by atoms with van der Waals surface area (Å²) in [6.45, 7) is 2.13. The van der Waals surface area contributed by atoms with E-state index in [1.807, 2.05) is 19.1 Å². The number of carbonyl (C=O) groups is 1. The van der Waals surface area contributed by atoms with E-state index in [0.29, 0.717) is 27.0 Å². The molecule has 7 nitrogen and oxygen atoms in total. The Kier molecular flexibility index (Phi) is 5.72. The second-order valence-corrected chi connectivity index (χ2v) is 9.43. The van der Waals surface area contributed by atoms with Gasteiger partial charge in [0.05, 0.1) is 5.92 Å². The summed E-state index contributed by atoms with van der Waals surface area (Å²) in [5.41, 5.74) is 1.34. The van der Waals surface area contributed by atoms with Gasteiger partial charge in [-0.05, 0) is 42.8 Å². The van der Waals surface area contributed by atoms with Crippen LogP contribution in [0.4, 0.5) is 5.69 Å². The third kappa shape index (κ3) is 3.60. The fraction of sp³-hybridized carbons (Fsp3) is 0.240. The van der Waals surface area contributed by atoms with Gasteiger partial charge in [0.25, 0.3) is 11.9 Å². The maximum absolute atomic E-state index is 13.1. The van der Waals surface area contributed by atoms with Gasteiger partial charge in [0.1, 0.15) is 12.4 Å². The molecule has 2 heterocycles. The van der Waals surface area contributed by atoms with Gasteiger partial charge in [0.15, 0.2) is 5.54 Å². The topological polar surface area (TPSA) is 93.5 Å². The Bertz CT molecular complexity index is 1280. The Morgan fingerprint density at radius 3 is 2.53 bits per heavy atom. The van der Waals surface area contributed by atoms with Gasteiger partial charge in [0, 0.05) is 37.8 Å². The van der Waals surface area contributed by atoms with E-state index in [0.717, 1.165) is 11.1 Å². The molecule has 1 spiro atoms. The van der Waals surface area contributed by atoms with Crippen molar-refractivity contribution in [3.63, 3.8) is 0 Å². The molecule has 1 saturated heterocycles. The molecule has 2 aliphatic heterocycles. The lowest BCUT2D eigenvalue weighted by molar-refractivity contribution is -0.532. The van der Waals surface area contributed by atoms with Gasteiger partial charge >= 0.3 is 0 Å². The van der Waals surface area contributed by atoms with E-state index in [1.165, 1.54) is 0 Å². The number of nitrogens with one attached hydrogen (secondary N) is 2. The van der Waals surface area contributed by atoms with Crippen LogP contribution in [0.1, 0.15) is 29.5 Å². The van der Waals surface area contributed by atoms with E-state index >= 15 is 0 Å². The third-order valence-corrected chi connectivity index (χ3v) is 7.22. The fourth-order valence-electron chi connectivity index (χ4n) is 5.14. The summed E-state index contributed by atoms with van der Waals surface area (Å²) in [5, 5.41) is 19.5. The number of carbonyl (C=O) groups excluding carboxylic acids is 1. The molecule has 0 radical (unpaired) electrons. The fourth-order valence-corrected chi connectivity index (χ4v) is 5.60. The van der Waals surface area contributed by atoms with E-state index < -0.39 is 23.4 Å². The van der Waals surface area contributed by atoms with Crippen LogP contribution in [-0.4, -0.2) is 22.9 Å². The number of rotatable bonds is 5. The highest BCUT2D eigenvalue weighted by Crippen LogP contribution is 2.49. The largest absolute Gasteiger partial charge is 0.489 e. The molecule has 9 heteroatoms. The Hall–Kier alpha value is -3.13. The van der Waals surface area contributed by atoms with Gasteiger partial charge in [-0.2, -0.15) is 0 Å². The summed E-state index contributed by atoms with van der Waals surface area (Å²) in [4.78, 5) is 25.1. The van der Waals surface area contributed by atoms with E-state index in [1.54, 1.807) is 54.6 Å². The summed E-state index contributed by atoms with van der Waals surface area (Å²) in [6, 6.07) is 18.0. The maximum atomic E-state index is 13.1. The van der Waals surface area contributed by atoms with Crippen LogP contribution < -0.4 is 15.4 Å². The van der Waals surface area contributed by atoms with Crippen molar-refractivity contribution in [1.82, 2.24) is 5.32 Å². The average Bonchev–Trinajstić information content (AvgIpc) is 3.27. The summed E-state index contributed by atoms with van der Waals surface area (Å²) >= 11 is 12.1. The van der Waals surface area contributed by atoms with Gasteiger partial charge in [-0.3, -0.25) is 20.2 Å². The summed E-state index contributed by atoms with van der Waals surface area (Å²) < 4.78 is 5.85. The lowest BCUT2D eigenvalue weighted by Gasteiger charge is -2.25. The number of nitrogens with zero attached hydrogens (tertiary/aromatic N) is 1. The molecular weight excluding hydrogens is 477 g/mol.